The van der Waals surface area contributed by atoms with Crippen LogP contribution >= 0.6 is 11.6 Å². The first kappa shape index (κ1) is 12.0. The average molecular weight is 227 g/mol. The van der Waals surface area contributed by atoms with Crippen LogP contribution in [0.5, 0.6) is 0 Å². The van der Waals surface area contributed by atoms with E-state index in [9.17, 15) is 4.79 Å². The quantitative estimate of drug-likeness (QED) is 0.799. The molecule has 0 atom stereocenters. The van der Waals surface area contributed by atoms with Gasteiger partial charge in [0.25, 0.3) is 0 Å². The fourth-order valence-corrected chi connectivity index (χ4v) is 1.59. The number of hydrogen-bond acceptors (Lipinski definition) is 3. The predicted molar refractivity (Wildman–Crippen MR) is 63.8 cm³/mol. The van der Waals surface area contributed by atoms with E-state index >= 15 is 0 Å². The minimum atomic E-state index is 0.0530. The zero-order valence-electron chi connectivity index (χ0n) is 8.96. The Hall–Kier alpha value is -1.06. The summed E-state index contributed by atoms with van der Waals surface area (Å²) in [6.07, 6.45) is 0.370. The van der Waals surface area contributed by atoms with E-state index in [1.807, 2.05) is 19.0 Å². The van der Waals surface area contributed by atoms with Crippen molar-refractivity contribution in [1.82, 2.24) is 0 Å². The van der Waals surface area contributed by atoms with Crippen LogP contribution in [0.15, 0.2) is 18.2 Å². The zero-order chi connectivity index (χ0) is 11.4. The summed E-state index contributed by atoms with van der Waals surface area (Å²) in [6, 6.07) is 5.26. The number of nitrogens with zero attached hydrogens (tertiary/aromatic N) is 1. The van der Waals surface area contributed by atoms with E-state index in [0.717, 1.165) is 5.69 Å². The van der Waals surface area contributed by atoms with Gasteiger partial charge in [0.1, 0.15) is 0 Å². The summed E-state index contributed by atoms with van der Waals surface area (Å²) in [5, 5.41) is 0.643. The van der Waals surface area contributed by atoms with E-state index in [2.05, 4.69) is 0 Å². The fourth-order valence-electron chi connectivity index (χ4n) is 1.30. The van der Waals surface area contributed by atoms with Crippen LogP contribution in [0.25, 0.3) is 0 Å². The Morgan fingerprint density at radius 2 is 2.13 bits per heavy atom. The number of rotatable bonds is 4. The molecular formula is C11H15ClN2O. The van der Waals surface area contributed by atoms with E-state index in [4.69, 9.17) is 17.3 Å². The third-order valence-corrected chi connectivity index (χ3v) is 2.44. The Kier molecular flexibility index (Phi) is 4.12. The molecule has 0 aromatic heterocycles. The molecule has 15 heavy (non-hydrogen) atoms. The van der Waals surface area contributed by atoms with Crippen LogP contribution in [-0.4, -0.2) is 26.4 Å². The van der Waals surface area contributed by atoms with Gasteiger partial charge in [0, 0.05) is 26.1 Å². The number of halogens is 1. The Labute approximate surface area is 94.8 Å². The maximum atomic E-state index is 11.6. The van der Waals surface area contributed by atoms with Gasteiger partial charge in [0.15, 0.2) is 5.78 Å². The molecule has 0 amide bonds. The lowest BCUT2D eigenvalue weighted by atomic mass is 10.1. The van der Waals surface area contributed by atoms with Crippen LogP contribution in [0.1, 0.15) is 16.8 Å². The molecule has 0 aliphatic heterocycles. The summed E-state index contributed by atoms with van der Waals surface area (Å²) in [4.78, 5) is 13.5. The summed E-state index contributed by atoms with van der Waals surface area (Å²) in [5.41, 5.74) is 6.84. The maximum Gasteiger partial charge on any atom is 0.164 e. The molecule has 0 radical (unpaired) electrons. The second kappa shape index (κ2) is 5.14. The molecule has 1 rings (SSSR count). The summed E-state index contributed by atoms with van der Waals surface area (Å²) >= 11 is 6.00. The predicted octanol–water partition coefficient (Wildman–Crippen LogP) is 1.94. The number of benzene rings is 1. The Morgan fingerprint density at radius 1 is 1.47 bits per heavy atom. The van der Waals surface area contributed by atoms with E-state index in [-0.39, 0.29) is 5.78 Å². The number of carbonyl (C=O) groups excluding carboxylic acids is 1. The highest BCUT2D eigenvalue weighted by atomic mass is 35.5. The SMILES string of the molecule is CN(C)c1cc(C(=O)CCN)ccc1Cl. The topological polar surface area (TPSA) is 46.3 Å². The molecule has 0 fully saturated rings. The van der Waals surface area contributed by atoms with Gasteiger partial charge in [0.2, 0.25) is 0 Å². The standard InChI is InChI=1S/C11H15ClN2O/c1-14(2)10-7-8(3-4-9(10)12)11(15)5-6-13/h3-4,7H,5-6,13H2,1-2H3. The van der Waals surface area contributed by atoms with Crippen LogP contribution < -0.4 is 10.6 Å². The van der Waals surface area contributed by atoms with Crippen molar-refractivity contribution in [3.63, 3.8) is 0 Å². The zero-order valence-corrected chi connectivity index (χ0v) is 9.71. The van der Waals surface area contributed by atoms with Gasteiger partial charge in [-0.3, -0.25) is 4.79 Å². The number of Topliss-reactive ketones (excluding diaryl/α,β-unsaturated/α-hetero) is 1. The normalized spacial score (nSPS) is 10.1. The molecule has 2 N–H and O–H groups in total. The van der Waals surface area contributed by atoms with Crippen molar-refractivity contribution in [2.45, 2.75) is 6.42 Å². The molecular weight excluding hydrogens is 212 g/mol. The van der Waals surface area contributed by atoms with Crippen molar-refractivity contribution < 1.29 is 4.79 Å². The number of hydrogen-bond donors (Lipinski definition) is 1. The number of ketones is 1. The van der Waals surface area contributed by atoms with Crippen molar-refractivity contribution in [1.29, 1.82) is 0 Å². The Morgan fingerprint density at radius 3 is 2.67 bits per heavy atom. The van der Waals surface area contributed by atoms with Crippen molar-refractivity contribution in [3.05, 3.63) is 28.8 Å². The van der Waals surface area contributed by atoms with Crippen molar-refractivity contribution >= 4 is 23.1 Å². The summed E-state index contributed by atoms with van der Waals surface area (Å²) in [5.74, 6) is 0.0530. The molecule has 0 aliphatic carbocycles. The van der Waals surface area contributed by atoms with Crippen molar-refractivity contribution in [3.8, 4) is 0 Å². The molecule has 0 saturated carbocycles. The van der Waals surface area contributed by atoms with Gasteiger partial charge in [-0.05, 0) is 24.7 Å². The molecule has 0 heterocycles. The second-order valence-corrected chi connectivity index (χ2v) is 3.93. The number of nitrogens with two attached hydrogens (primary N) is 1. The van der Waals surface area contributed by atoms with Gasteiger partial charge >= 0.3 is 0 Å². The Balaban J connectivity index is 3.02. The van der Waals surface area contributed by atoms with E-state index < -0.39 is 0 Å². The van der Waals surface area contributed by atoms with E-state index in [0.29, 0.717) is 23.6 Å². The molecule has 82 valence electrons. The van der Waals surface area contributed by atoms with E-state index in [1.54, 1.807) is 18.2 Å². The highest BCUT2D eigenvalue weighted by Gasteiger charge is 2.09. The van der Waals surface area contributed by atoms with Crippen LogP contribution in [0, 0.1) is 0 Å². The lowest BCUT2D eigenvalue weighted by Crippen LogP contribution is -2.12. The monoisotopic (exact) mass is 226 g/mol. The van der Waals surface area contributed by atoms with Crippen molar-refractivity contribution in [2.75, 3.05) is 25.5 Å². The van der Waals surface area contributed by atoms with Crippen LogP contribution in [0.3, 0.4) is 0 Å². The van der Waals surface area contributed by atoms with Gasteiger partial charge in [-0.2, -0.15) is 0 Å². The first-order chi connectivity index (χ1) is 7.06. The van der Waals surface area contributed by atoms with Crippen molar-refractivity contribution in [2.24, 2.45) is 5.73 Å². The number of anilines is 1. The first-order valence-corrected chi connectivity index (χ1v) is 5.14. The molecule has 4 heteroatoms. The summed E-state index contributed by atoms with van der Waals surface area (Å²) in [6.45, 7) is 0.374. The molecule has 3 nitrogen and oxygen atoms in total. The molecule has 0 spiro atoms. The summed E-state index contributed by atoms with van der Waals surface area (Å²) < 4.78 is 0. The van der Waals surface area contributed by atoms with Gasteiger partial charge in [-0.15, -0.1) is 0 Å². The molecule has 0 bridgehead atoms. The molecule has 0 aliphatic rings. The largest absolute Gasteiger partial charge is 0.376 e. The van der Waals surface area contributed by atoms with E-state index in [1.165, 1.54) is 0 Å². The smallest absolute Gasteiger partial charge is 0.164 e. The summed E-state index contributed by atoms with van der Waals surface area (Å²) in [7, 11) is 3.77. The van der Waals surface area contributed by atoms with Gasteiger partial charge in [0.05, 0.1) is 10.7 Å². The van der Waals surface area contributed by atoms with Gasteiger partial charge in [-0.1, -0.05) is 11.6 Å². The van der Waals surface area contributed by atoms with Gasteiger partial charge in [-0.25, -0.2) is 0 Å². The minimum Gasteiger partial charge on any atom is -0.376 e. The first-order valence-electron chi connectivity index (χ1n) is 4.76. The average Bonchev–Trinajstić information content (AvgIpc) is 2.18. The van der Waals surface area contributed by atoms with Crippen LogP contribution in [-0.2, 0) is 0 Å². The molecule has 1 aromatic carbocycles. The van der Waals surface area contributed by atoms with Crippen LogP contribution in [0.4, 0.5) is 5.69 Å². The molecule has 1 aromatic rings. The molecule has 0 saturated heterocycles. The highest BCUT2D eigenvalue weighted by molar-refractivity contribution is 6.33. The number of carbonyl (C=O) groups is 1. The highest BCUT2D eigenvalue weighted by Crippen LogP contribution is 2.25. The minimum absolute atomic E-state index is 0.0530. The fraction of sp³-hybridized carbons (Fsp3) is 0.364. The third kappa shape index (κ3) is 2.94. The lowest BCUT2D eigenvalue weighted by molar-refractivity contribution is 0.0985. The van der Waals surface area contributed by atoms with Crippen LogP contribution in [0.2, 0.25) is 5.02 Å². The third-order valence-electron chi connectivity index (χ3n) is 2.12. The molecule has 0 unspecified atom stereocenters. The second-order valence-electron chi connectivity index (χ2n) is 3.52. The maximum absolute atomic E-state index is 11.6. The lowest BCUT2D eigenvalue weighted by Gasteiger charge is -2.15. The van der Waals surface area contributed by atoms with Gasteiger partial charge < -0.3 is 10.6 Å². The Bertz CT molecular complexity index is 364.